The van der Waals surface area contributed by atoms with Gasteiger partial charge in [-0.3, -0.25) is 5.32 Å². The molecule has 1 aromatic rings. The van der Waals surface area contributed by atoms with E-state index < -0.39 is 11.7 Å². The van der Waals surface area contributed by atoms with Crippen molar-refractivity contribution in [3.63, 3.8) is 0 Å². The van der Waals surface area contributed by atoms with Crippen molar-refractivity contribution >= 4 is 34.5 Å². The largest absolute Gasteiger partial charge is 0.444 e. The number of halogens is 1. The average Bonchev–Trinajstić information content (AvgIpc) is 2.52. The maximum Gasteiger partial charge on any atom is 0.413 e. The summed E-state index contributed by atoms with van der Waals surface area (Å²) in [6.07, 6.45) is 1.67. The molecule has 0 radical (unpaired) electrons. The van der Waals surface area contributed by atoms with Gasteiger partial charge in [0.25, 0.3) is 0 Å². The summed E-state index contributed by atoms with van der Waals surface area (Å²) < 4.78 is 8.07. The van der Waals surface area contributed by atoms with Crippen LogP contribution in [0.3, 0.4) is 0 Å². The Hall–Kier alpha value is -0.790. The third kappa shape index (κ3) is 5.00. The van der Waals surface area contributed by atoms with Crippen LogP contribution in [0.5, 0.6) is 0 Å². The van der Waals surface area contributed by atoms with Crippen LogP contribution in [0.25, 0.3) is 0 Å². The molecule has 0 aliphatic rings. The summed E-state index contributed by atoms with van der Waals surface area (Å²) in [6.45, 7) is 10.4. The molecule has 0 aliphatic heterocycles. The van der Waals surface area contributed by atoms with Gasteiger partial charge in [-0.2, -0.15) is 5.10 Å². The Morgan fingerprint density at radius 2 is 2.11 bits per heavy atom. The molecule has 1 heterocycles. The van der Waals surface area contributed by atoms with Gasteiger partial charge in [-0.1, -0.05) is 13.3 Å². The van der Waals surface area contributed by atoms with Crippen LogP contribution in [0.2, 0.25) is 0 Å². The van der Waals surface area contributed by atoms with Gasteiger partial charge in [-0.15, -0.1) is 0 Å². The first-order valence-electron chi connectivity index (χ1n) is 6.47. The summed E-state index contributed by atoms with van der Waals surface area (Å²) in [4.78, 5) is 11.8. The van der Waals surface area contributed by atoms with Crippen LogP contribution < -0.4 is 5.32 Å². The van der Waals surface area contributed by atoms with E-state index in [0.29, 0.717) is 0 Å². The van der Waals surface area contributed by atoms with Crippen LogP contribution in [0.1, 0.15) is 46.2 Å². The van der Waals surface area contributed by atoms with E-state index in [2.05, 4.69) is 39.9 Å². The lowest BCUT2D eigenvalue weighted by molar-refractivity contribution is 0.0634. The summed E-state index contributed by atoms with van der Waals surface area (Å²) in [7, 11) is 0. The van der Waals surface area contributed by atoms with Crippen molar-refractivity contribution in [3.05, 3.63) is 9.26 Å². The second kappa shape index (κ2) is 6.58. The molecule has 0 unspecified atom stereocenters. The quantitative estimate of drug-likeness (QED) is 0.807. The van der Waals surface area contributed by atoms with Crippen LogP contribution in [0.4, 0.5) is 10.6 Å². The SMILES string of the molecule is CCCCn1nc(C)c(I)c1NC(=O)OC(C)(C)C. The molecule has 0 saturated heterocycles. The Bertz CT molecular complexity index is 449. The van der Waals surface area contributed by atoms with Crippen molar-refractivity contribution < 1.29 is 9.53 Å². The summed E-state index contributed by atoms with van der Waals surface area (Å²) in [5, 5.41) is 7.23. The molecule has 0 saturated carbocycles. The van der Waals surface area contributed by atoms with E-state index >= 15 is 0 Å². The number of anilines is 1. The first-order valence-corrected chi connectivity index (χ1v) is 7.55. The molecule has 0 aliphatic carbocycles. The van der Waals surface area contributed by atoms with Crippen molar-refractivity contribution in [3.8, 4) is 0 Å². The number of hydrogen-bond donors (Lipinski definition) is 1. The first-order chi connectivity index (χ1) is 8.74. The number of nitrogens with zero attached hydrogens (tertiary/aromatic N) is 2. The smallest absolute Gasteiger partial charge is 0.413 e. The summed E-state index contributed by atoms with van der Waals surface area (Å²) in [5.41, 5.74) is 0.418. The van der Waals surface area contributed by atoms with Gasteiger partial charge in [0.2, 0.25) is 0 Å². The molecule has 0 atom stereocenters. The van der Waals surface area contributed by atoms with Gasteiger partial charge in [0, 0.05) is 6.54 Å². The van der Waals surface area contributed by atoms with E-state index in [1.807, 2.05) is 32.4 Å². The zero-order valence-corrected chi connectivity index (χ0v) is 14.4. The normalized spacial score (nSPS) is 11.5. The average molecular weight is 379 g/mol. The minimum atomic E-state index is -0.501. The van der Waals surface area contributed by atoms with Crippen molar-refractivity contribution in [1.82, 2.24) is 9.78 Å². The van der Waals surface area contributed by atoms with Gasteiger partial charge >= 0.3 is 6.09 Å². The van der Waals surface area contributed by atoms with Gasteiger partial charge < -0.3 is 4.74 Å². The zero-order valence-electron chi connectivity index (χ0n) is 12.2. The molecule has 0 aromatic carbocycles. The molecule has 1 N–H and O–H groups in total. The number of ether oxygens (including phenoxy) is 1. The summed E-state index contributed by atoms with van der Waals surface area (Å²) in [6, 6.07) is 0. The van der Waals surface area contributed by atoms with E-state index in [4.69, 9.17) is 4.74 Å². The zero-order chi connectivity index (χ0) is 14.6. The number of hydrogen-bond acceptors (Lipinski definition) is 3. The standard InChI is InChI=1S/C13H22IN3O2/c1-6-7-8-17-11(10(14)9(2)16-17)15-12(18)19-13(3,4)5/h6-8H2,1-5H3,(H,15,18). The highest BCUT2D eigenvalue weighted by Gasteiger charge is 2.20. The lowest BCUT2D eigenvalue weighted by Crippen LogP contribution is -2.28. The van der Waals surface area contributed by atoms with Gasteiger partial charge in [-0.05, 0) is 56.7 Å². The number of nitrogens with one attached hydrogen (secondary N) is 1. The highest BCUT2D eigenvalue weighted by molar-refractivity contribution is 14.1. The number of rotatable bonds is 4. The number of carbonyl (C=O) groups is 1. The molecule has 108 valence electrons. The van der Waals surface area contributed by atoms with E-state index in [-0.39, 0.29) is 0 Å². The predicted molar refractivity (Wildman–Crippen MR) is 84.4 cm³/mol. The molecular formula is C13H22IN3O2. The molecule has 0 bridgehead atoms. The number of aryl methyl sites for hydroxylation is 2. The van der Waals surface area contributed by atoms with Gasteiger partial charge in [0.1, 0.15) is 11.4 Å². The molecular weight excluding hydrogens is 357 g/mol. The van der Waals surface area contributed by atoms with Crippen molar-refractivity contribution in [2.24, 2.45) is 0 Å². The maximum absolute atomic E-state index is 11.8. The molecule has 6 heteroatoms. The fraction of sp³-hybridized carbons (Fsp3) is 0.692. The lowest BCUT2D eigenvalue weighted by Gasteiger charge is -2.20. The van der Waals surface area contributed by atoms with Crippen LogP contribution in [-0.4, -0.2) is 21.5 Å². The summed E-state index contributed by atoms with van der Waals surface area (Å²) >= 11 is 2.19. The second-order valence-electron chi connectivity index (χ2n) is 5.45. The fourth-order valence-electron chi connectivity index (χ4n) is 1.55. The number of unbranched alkanes of at least 4 members (excludes halogenated alkanes) is 1. The number of carbonyl (C=O) groups excluding carboxylic acids is 1. The van der Waals surface area contributed by atoms with Gasteiger partial charge in [0.05, 0.1) is 9.26 Å². The van der Waals surface area contributed by atoms with Crippen molar-refractivity contribution in [2.45, 2.75) is 59.6 Å². The lowest BCUT2D eigenvalue weighted by atomic mass is 10.2. The predicted octanol–water partition coefficient (Wildman–Crippen LogP) is 3.94. The van der Waals surface area contributed by atoms with Crippen LogP contribution >= 0.6 is 22.6 Å². The van der Waals surface area contributed by atoms with E-state index in [1.165, 1.54) is 0 Å². The Morgan fingerprint density at radius 3 is 2.63 bits per heavy atom. The van der Waals surface area contributed by atoms with Gasteiger partial charge in [-0.25, -0.2) is 9.48 Å². The Balaban J connectivity index is 2.84. The van der Waals surface area contributed by atoms with Crippen molar-refractivity contribution in [1.29, 1.82) is 0 Å². The van der Waals surface area contributed by atoms with Crippen LogP contribution in [0, 0.1) is 10.5 Å². The fourth-order valence-corrected chi connectivity index (χ4v) is 2.07. The number of amides is 1. The van der Waals surface area contributed by atoms with E-state index in [9.17, 15) is 4.79 Å². The Labute approximate surface area is 128 Å². The Kier molecular flexibility index (Phi) is 5.64. The molecule has 1 aromatic heterocycles. The third-order valence-corrected chi connectivity index (χ3v) is 3.69. The van der Waals surface area contributed by atoms with Crippen molar-refractivity contribution in [2.75, 3.05) is 5.32 Å². The number of aromatic nitrogens is 2. The van der Waals surface area contributed by atoms with Gasteiger partial charge in [0.15, 0.2) is 0 Å². The highest BCUT2D eigenvalue weighted by atomic mass is 127. The Morgan fingerprint density at radius 1 is 1.47 bits per heavy atom. The first kappa shape index (κ1) is 16.3. The van der Waals surface area contributed by atoms with E-state index in [1.54, 1.807) is 0 Å². The molecule has 0 spiro atoms. The van der Waals surface area contributed by atoms with E-state index in [0.717, 1.165) is 34.5 Å². The van der Waals surface area contributed by atoms with Crippen LogP contribution in [0.15, 0.2) is 0 Å². The monoisotopic (exact) mass is 379 g/mol. The minimum absolute atomic E-state index is 0.442. The maximum atomic E-state index is 11.8. The molecule has 1 amide bonds. The van der Waals surface area contributed by atoms with Crippen LogP contribution in [-0.2, 0) is 11.3 Å². The molecule has 19 heavy (non-hydrogen) atoms. The molecule has 1 rings (SSSR count). The minimum Gasteiger partial charge on any atom is -0.444 e. The third-order valence-electron chi connectivity index (χ3n) is 2.40. The second-order valence-corrected chi connectivity index (χ2v) is 6.53. The highest BCUT2D eigenvalue weighted by Crippen LogP contribution is 2.23. The molecule has 0 fully saturated rings. The molecule has 5 nitrogen and oxygen atoms in total. The topological polar surface area (TPSA) is 56.2 Å². The summed E-state index contributed by atoms with van der Waals surface area (Å²) in [5.74, 6) is 0.723.